The number of hydrogen-bond acceptors (Lipinski definition) is 2. The fourth-order valence-electron chi connectivity index (χ4n) is 2.87. The molecule has 0 spiro atoms. The number of rotatable bonds is 4. The molecule has 19 heavy (non-hydrogen) atoms. The van der Waals surface area contributed by atoms with E-state index in [1.807, 2.05) is 0 Å². The number of ether oxygens (including phenoxy) is 1. The lowest BCUT2D eigenvalue weighted by Crippen LogP contribution is -2.29. The zero-order valence-corrected chi connectivity index (χ0v) is 13.1. The maximum Gasteiger partial charge on any atom is 0.0551 e. The highest BCUT2D eigenvalue weighted by Crippen LogP contribution is 2.36. The van der Waals surface area contributed by atoms with Gasteiger partial charge in [-0.15, -0.1) is 0 Å². The van der Waals surface area contributed by atoms with E-state index in [0.717, 1.165) is 24.6 Å². The molecule has 0 aromatic heterocycles. The van der Waals surface area contributed by atoms with Crippen LogP contribution in [-0.2, 0) is 4.74 Å². The molecule has 3 heteroatoms. The van der Waals surface area contributed by atoms with Crippen molar-refractivity contribution in [2.45, 2.75) is 46.3 Å². The molecule has 1 aromatic carbocycles. The first-order chi connectivity index (χ1) is 9.02. The average Bonchev–Trinajstić information content (AvgIpc) is 2.78. The smallest absolute Gasteiger partial charge is 0.0551 e. The van der Waals surface area contributed by atoms with Gasteiger partial charge in [-0.25, -0.2) is 0 Å². The van der Waals surface area contributed by atoms with Gasteiger partial charge in [-0.3, -0.25) is 0 Å². The molecule has 106 valence electrons. The Morgan fingerprint density at radius 2 is 2.05 bits per heavy atom. The summed E-state index contributed by atoms with van der Waals surface area (Å²) in [7, 11) is 0. The summed E-state index contributed by atoms with van der Waals surface area (Å²) in [5.74, 6) is 0.509. The van der Waals surface area contributed by atoms with Gasteiger partial charge in [-0.2, -0.15) is 0 Å². The maximum atomic E-state index is 6.47. The van der Waals surface area contributed by atoms with Gasteiger partial charge in [-0.05, 0) is 56.5 Å². The predicted molar refractivity (Wildman–Crippen MR) is 80.9 cm³/mol. The lowest BCUT2D eigenvalue weighted by atomic mass is 9.89. The van der Waals surface area contributed by atoms with E-state index in [0.29, 0.717) is 18.1 Å². The van der Waals surface area contributed by atoms with E-state index in [9.17, 15) is 0 Å². The first-order valence-corrected chi connectivity index (χ1v) is 7.52. The lowest BCUT2D eigenvalue weighted by Gasteiger charge is -2.25. The van der Waals surface area contributed by atoms with Crippen LogP contribution in [0.5, 0.6) is 0 Å². The minimum Gasteiger partial charge on any atom is -0.378 e. The lowest BCUT2D eigenvalue weighted by molar-refractivity contribution is 0.117. The summed E-state index contributed by atoms with van der Waals surface area (Å²) in [5, 5.41) is 4.45. The Bertz CT molecular complexity index is 447. The zero-order chi connectivity index (χ0) is 14.0. The molecule has 1 aliphatic rings. The third kappa shape index (κ3) is 3.31. The summed E-state index contributed by atoms with van der Waals surface area (Å²) < 4.78 is 5.72. The van der Waals surface area contributed by atoms with E-state index in [-0.39, 0.29) is 0 Å². The van der Waals surface area contributed by atoms with Gasteiger partial charge in [0.1, 0.15) is 0 Å². The van der Waals surface area contributed by atoms with Crippen molar-refractivity contribution >= 4 is 11.6 Å². The first-order valence-electron chi connectivity index (χ1n) is 7.14. The number of benzene rings is 1. The Hall–Kier alpha value is -0.570. The summed E-state index contributed by atoms with van der Waals surface area (Å²) >= 11 is 6.47. The molecule has 1 aromatic rings. The van der Waals surface area contributed by atoms with Crippen LogP contribution in [0, 0.1) is 19.8 Å². The standard InChI is InChI=1S/C16H24ClNO/c1-5-18-16(13-8-12(4)19-9-13)14-6-10(2)11(3)7-15(14)17/h6-7,12-13,16,18H,5,8-9H2,1-4H3. The van der Waals surface area contributed by atoms with Gasteiger partial charge >= 0.3 is 0 Å². The van der Waals surface area contributed by atoms with Gasteiger partial charge in [0, 0.05) is 17.0 Å². The Balaban J connectivity index is 2.30. The number of nitrogens with one attached hydrogen (secondary N) is 1. The quantitative estimate of drug-likeness (QED) is 0.900. The molecule has 1 N–H and O–H groups in total. The van der Waals surface area contributed by atoms with E-state index in [1.165, 1.54) is 16.7 Å². The topological polar surface area (TPSA) is 21.3 Å². The van der Waals surface area contributed by atoms with Crippen molar-refractivity contribution in [3.8, 4) is 0 Å². The van der Waals surface area contributed by atoms with Crippen molar-refractivity contribution in [3.63, 3.8) is 0 Å². The molecule has 2 nitrogen and oxygen atoms in total. The van der Waals surface area contributed by atoms with E-state index in [2.05, 4.69) is 45.1 Å². The summed E-state index contributed by atoms with van der Waals surface area (Å²) in [6.45, 7) is 10.3. The highest BCUT2D eigenvalue weighted by Gasteiger charge is 2.31. The second-order valence-electron chi connectivity index (χ2n) is 5.63. The summed E-state index contributed by atoms with van der Waals surface area (Å²) in [5.41, 5.74) is 3.77. The fraction of sp³-hybridized carbons (Fsp3) is 0.625. The fourth-order valence-corrected chi connectivity index (χ4v) is 3.21. The Kier molecular flexibility index (Phi) is 4.88. The van der Waals surface area contributed by atoms with Crippen LogP contribution in [0.4, 0.5) is 0 Å². The molecule has 1 heterocycles. The third-order valence-corrected chi connectivity index (χ3v) is 4.40. The molecule has 3 atom stereocenters. The van der Waals surface area contributed by atoms with Gasteiger partial charge in [0.2, 0.25) is 0 Å². The molecule has 1 saturated heterocycles. The molecule has 0 saturated carbocycles. The minimum atomic E-state index is 0.293. The van der Waals surface area contributed by atoms with Crippen LogP contribution in [0.2, 0.25) is 5.02 Å². The van der Waals surface area contributed by atoms with Crippen LogP contribution in [0.3, 0.4) is 0 Å². The normalized spacial score (nSPS) is 24.7. The Labute approximate surface area is 121 Å². The molecule has 0 bridgehead atoms. The molecule has 3 unspecified atom stereocenters. The molecule has 2 rings (SSSR count). The molecular weight excluding hydrogens is 258 g/mol. The van der Waals surface area contributed by atoms with Gasteiger partial charge < -0.3 is 10.1 Å². The van der Waals surface area contributed by atoms with Crippen molar-refractivity contribution in [2.24, 2.45) is 5.92 Å². The van der Waals surface area contributed by atoms with Crippen molar-refractivity contribution in [2.75, 3.05) is 13.2 Å². The van der Waals surface area contributed by atoms with E-state index < -0.39 is 0 Å². The van der Waals surface area contributed by atoms with E-state index in [1.54, 1.807) is 0 Å². The largest absolute Gasteiger partial charge is 0.378 e. The first kappa shape index (κ1) is 14.8. The van der Waals surface area contributed by atoms with Crippen molar-refractivity contribution in [3.05, 3.63) is 33.8 Å². The zero-order valence-electron chi connectivity index (χ0n) is 12.3. The average molecular weight is 282 g/mol. The minimum absolute atomic E-state index is 0.293. The van der Waals surface area contributed by atoms with Gasteiger partial charge in [0.15, 0.2) is 0 Å². The van der Waals surface area contributed by atoms with Crippen LogP contribution in [0.15, 0.2) is 12.1 Å². The molecule has 1 aliphatic heterocycles. The van der Waals surface area contributed by atoms with Gasteiger partial charge in [-0.1, -0.05) is 24.6 Å². The molecule has 0 radical (unpaired) electrons. The molecular formula is C16H24ClNO. The van der Waals surface area contributed by atoms with Gasteiger partial charge in [0.05, 0.1) is 12.7 Å². The Morgan fingerprint density at radius 1 is 1.37 bits per heavy atom. The van der Waals surface area contributed by atoms with Crippen molar-refractivity contribution < 1.29 is 4.74 Å². The summed E-state index contributed by atoms with van der Waals surface area (Å²) in [6, 6.07) is 4.60. The van der Waals surface area contributed by atoms with Crippen LogP contribution >= 0.6 is 11.6 Å². The van der Waals surface area contributed by atoms with E-state index in [4.69, 9.17) is 16.3 Å². The van der Waals surface area contributed by atoms with Crippen LogP contribution in [-0.4, -0.2) is 19.3 Å². The highest BCUT2D eigenvalue weighted by atomic mass is 35.5. The van der Waals surface area contributed by atoms with Crippen molar-refractivity contribution in [1.82, 2.24) is 5.32 Å². The maximum absolute atomic E-state index is 6.47. The number of halogens is 1. The molecule has 1 fully saturated rings. The van der Waals surface area contributed by atoms with Crippen molar-refractivity contribution in [1.29, 1.82) is 0 Å². The monoisotopic (exact) mass is 281 g/mol. The van der Waals surface area contributed by atoms with Crippen LogP contribution in [0.25, 0.3) is 0 Å². The number of hydrogen-bond donors (Lipinski definition) is 1. The predicted octanol–water partition coefficient (Wildman–Crippen LogP) is 4.03. The number of aryl methyl sites for hydroxylation is 2. The third-order valence-electron chi connectivity index (χ3n) is 4.07. The molecule has 0 aliphatic carbocycles. The van der Waals surface area contributed by atoms with Gasteiger partial charge in [0.25, 0.3) is 0 Å². The van der Waals surface area contributed by atoms with E-state index >= 15 is 0 Å². The van der Waals surface area contributed by atoms with Crippen LogP contribution < -0.4 is 5.32 Å². The molecule has 0 amide bonds. The SMILES string of the molecule is CCNC(c1cc(C)c(C)cc1Cl)C1COC(C)C1. The summed E-state index contributed by atoms with van der Waals surface area (Å²) in [6.07, 6.45) is 1.46. The van der Waals surface area contributed by atoms with Crippen LogP contribution in [0.1, 0.15) is 43.0 Å². The second kappa shape index (κ2) is 6.25. The Morgan fingerprint density at radius 3 is 2.63 bits per heavy atom. The highest BCUT2D eigenvalue weighted by molar-refractivity contribution is 6.31. The summed E-state index contributed by atoms with van der Waals surface area (Å²) in [4.78, 5) is 0. The second-order valence-corrected chi connectivity index (χ2v) is 6.04.